The molecule has 1 atom stereocenters. The van der Waals surface area contributed by atoms with Crippen molar-refractivity contribution in [1.29, 1.82) is 5.26 Å². The van der Waals surface area contributed by atoms with Gasteiger partial charge in [0.15, 0.2) is 0 Å². The largest absolute Gasteiger partial charge is 0.345 e. The Morgan fingerprint density at radius 1 is 1.20 bits per heavy atom. The minimum absolute atomic E-state index is 0.148. The first-order valence-electron chi connectivity index (χ1n) is 8.73. The van der Waals surface area contributed by atoms with Crippen molar-refractivity contribution >= 4 is 38.6 Å². The fourth-order valence-electron chi connectivity index (χ4n) is 3.87. The number of amides is 1. The van der Waals surface area contributed by atoms with Crippen molar-refractivity contribution in [3.05, 3.63) is 34.3 Å². The summed E-state index contributed by atoms with van der Waals surface area (Å²) in [6.45, 7) is 2.54. The van der Waals surface area contributed by atoms with Gasteiger partial charge in [-0.05, 0) is 49.9 Å². The van der Waals surface area contributed by atoms with Gasteiger partial charge >= 0.3 is 0 Å². The van der Waals surface area contributed by atoms with E-state index in [0.717, 1.165) is 66.5 Å². The molecule has 2 saturated heterocycles. The number of hydrogen-bond acceptors (Lipinski definition) is 4. The molecular weight excluding hydrogens is 380 g/mol. The number of nitriles is 1. The number of fused-ring (bicyclic) bond motifs is 1. The third-order valence-electron chi connectivity index (χ3n) is 5.13. The predicted molar refractivity (Wildman–Crippen MR) is 100 cm³/mol. The SMILES string of the molecule is N#Cc1cc(N2CCC[C@@H]2C(=O)N2CCCC2)nc2ccc(Br)cc12. The molecule has 6 heteroatoms. The highest BCUT2D eigenvalue weighted by molar-refractivity contribution is 9.10. The average Bonchev–Trinajstić information content (AvgIpc) is 3.32. The molecule has 4 rings (SSSR count). The maximum Gasteiger partial charge on any atom is 0.245 e. The molecule has 2 aromatic rings. The quantitative estimate of drug-likeness (QED) is 0.776. The molecule has 25 heavy (non-hydrogen) atoms. The van der Waals surface area contributed by atoms with Gasteiger partial charge in [0.1, 0.15) is 11.9 Å². The van der Waals surface area contributed by atoms with Gasteiger partial charge < -0.3 is 9.80 Å². The van der Waals surface area contributed by atoms with Crippen LogP contribution in [0.3, 0.4) is 0 Å². The highest BCUT2D eigenvalue weighted by atomic mass is 79.9. The number of halogens is 1. The van der Waals surface area contributed by atoms with Crippen LogP contribution in [0.2, 0.25) is 0 Å². The van der Waals surface area contributed by atoms with Crippen LogP contribution in [0.4, 0.5) is 5.82 Å². The molecule has 0 bridgehead atoms. The number of carbonyl (C=O) groups excluding carboxylic acids is 1. The van der Waals surface area contributed by atoms with Crippen LogP contribution in [-0.4, -0.2) is 41.5 Å². The number of benzene rings is 1. The smallest absolute Gasteiger partial charge is 0.245 e. The maximum absolute atomic E-state index is 12.9. The molecule has 128 valence electrons. The van der Waals surface area contributed by atoms with Crippen molar-refractivity contribution in [1.82, 2.24) is 9.88 Å². The highest BCUT2D eigenvalue weighted by Gasteiger charge is 2.35. The minimum Gasteiger partial charge on any atom is -0.345 e. The molecular formula is C19H19BrN4O. The van der Waals surface area contributed by atoms with E-state index in [9.17, 15) is 10.1 Å². The fourth-order valence-corrected chi connectivity index (χ4v) is 4.23. The molecule has 1 aromatic carbocycles. The Hall–Kier alpha value is -2.13. The first kappa shape index (κ1) is 16.3. The summed E-state index contributed by atoms with van der Waals surface area (Å²) in [6.07, 6.45) is 4.03. The van der Waals surface area contributed by atoms with Crippen LogP contribution in [0.5, 0.6) is 0 Å². The molecule has 0 unspecified atom stereocenters. The van der Waals surface area contributed by atoms with E-state index in [1.54, 1.807) is 0 Å². The molecule has 0 radical (unpaired) electrons. The summed E-state index contributed by atoms with van der Waals surface area (Å²) in [5, 5.41) is 10.4. The molecule has 1 amide bonds. The van der Waals surface area contributed by atoms with E-state index in [4.69, 9.17) is 4.98 Å². The van der Waals surface area contributed by atoms with Crippen LogP contribution in [0.15, 0.2) is 28.7 Å². The van der Waals surface area contributed by atoms with Gasteiger partial charge in [0.2, 0.25) is 5.91 Å². The van der Waals surface area contributed by atoms with E-state index >= 15 is 0 Å². The summed E-state index contributed by atoms with van der Waals surface area (Å²) in [7, 11) is 0. The standard InChI is InChI=1S/C19H19BrN4O/c20-14-5-6-16-15(11-14)13(12-21)10-18(22-16)24-9-3-4-17(24)19(25)23-7-1-2-8-23/h5-6,10-11,17H,1-4,7-9H2/t17-/m1/s1. The van der Waals surface area contributed by atoms with Crippen molar-refractivity contribution in [2.24, 2.45) is 0 Å². The van der Waals surface area contributed by atoms with Crippen LogP contribution >= 0.6 is 15.9 Å². The number of likely N-dealkylation sites (tertiary alicyclic amines) is 1. The third kappa shape index (κ3) is 2.98. The normalized spacial score (nSPS) is 20.2. The Bertz CT molecular complexity index is 870. The van der Waals surface area contributed by atoms with Crippen LogP contribution in [0, 0.1) is 11.3 Å². The number of nitrogens with zero attached hydrogens (tertiary/aromatic N) is 4. The molecule has 3 heterocycles. The van der Waals surface area contributed by atoms with E-state index in [1.807, 2.05) is 29.2 Å². The molecule has 1 aromatic heterocycles. The van der Waals surface area contributed by atoms with Gasteiger partial charge in [-0.25, -0.2) is 4.98 Å². The van der Waals surface area contributed by atoms with Crippen LogP contribution < -0.4 is 4.90 Å². The zero-order valence-electron chi connectivity index (χ0n) is 13.9. The Balaban J connectivity index is 1.71. The lowest BCUT2D eigenvalue weighted by molar-refractivity contribution is -0.131. The number of pyridine rings is 1. The number of aromatic nitrogens is 1. The average molecular weight is 399 g/mol. The van der Waals surface area contributed by atoms with Crippen LogP contribution in [0.1, 0.15) is 31.2 Å². The van der Waals surface area contributed by atoms with E-state index in [-0.39, 0.29) is 11.9 Å². The molecule has 2 aliphatic rings. The highest BCUT2D eigenvalue weighted by Crippen LogP contribution is 2.30. The molecule has 0 saturated carbocycles. The zero-order chi connectivity index (χ0) is 17.4. The van der Waals surface area contributed by atoms with Gasteiger partial charge in [0.25, 0.3) is 0 Å². The molecule has 2 fully saturated rings. The van der Waals surface area contributed by atoms with Crippen LogP contribution in [-0.2, 0) is 4.79 Å². The summed E-state index contributed by atoms with van der Waals surface area (Å²) in [5.74, 6) is 0.952. The first-order valence-corrected chi connectivity index (χ1v) is 9.52. The van der Waals surface area contributed by atoms with Gasteiger partial charge in [-0.15, -0.1) is 0 Å². The van der Waals surface area contributed by atoms with Crippen molar-refractivity contribution in [2.75, 3.05) is 24.5 Å². The van der Waals surface area contributed by atoms with Crippen molar-refractivity contribution in [3.63, 3.8) is 0 Å². The number of anilines is 1. The lowest BCUT2D eigenvalue weighted by atomic mass is 10.1. The summed E-state index contributed by atoms with van der Waals surface area (Å²) in [5.41, 5.74) is 1.39. The predicted octanol–water partition coefficient (Wildman–Crippen LogP) is 3.46. The van der Waals surface area contributed by atoms with Crippen molar-refractivity contribution < 1.29 is 4.79 Å². The van der Waals surface area contributed by atoms with Gasteiger partial charge in [-0.3, -0.25) is 4.79 Å². The number of rotatable bonds is 2. The topological polar surface area (TPSA) is 60.2 Å². The minimum atomic E-state index is -0.148. The third-order valence-corrected chi connectivity index (χ3v) is 5.62. The van der Waals surface area contributed by atoms with Crippen LogP contribution in [0.25, 0.3) is 10.9 Å². The summed E-state index contributed by atoms with van der Waals surface area (Å²) in [4.78, 5) is 21.7. The van der Waals surface area contributed by atoms with Crippen molar-refractivity contribution in [3.8, 4) is 6.07 Å². The second-order valence-electron chi connectivity index (χ2n) is 6.69. The fraction of sp³-hybridized carbons (Fsp3) is 0.421. The second-order valence-corrected chi connectivity index (χ2v) is 7.60. The van der Waals surface area contributed by atoms with Gasteiger partial charge in [0.05, 0.1) is 17.1 Å². The molecule has 2 aliphatic heterocycles. The zero-order valence-corrected chi connectivity index (χ0v) is 15.5. The van der Waals surface area contributed by atoms with Gasteiger partial charge in [-0.2, -0.15) is 5.26 Å². The summed E-state index contributed by atoms with van der Waals surface area (Å²) in [6, 6.07) is 9.71. The van der Waals surface area contributed by atoms with Crippen molar-refractivity contribution in [2.45, 2.75) is 31.7 Å². The number of hydrogen-bond donors (Lipinski definition) is 0. The molecule has 5 nitrogen and oxygen atoms in total. The van der Waals surface area contributed by atoms with E-state index in [0.29, 0.717) is 5.56 Å². The Kier molecular flexibility index (Phi) is 4.34. The Labute approximate surface area is 155 Å². The Morgan fingerprint density at radius 2 is 2.00 bits per heavy atom. The Morgan fingerprint density at radius 3 is 2.76 bits per heavy atom. The monoisotopic (exact) mass is 398 g/mol. The van der Waals surface area contributed by atoms with Gasteiger partial charge in [0, 0.05) is 29.5 Å². The number of carbonyl (C=O) groups is 1. The summed E-state index contributed by atoms with van der Waals surface area (Å²) < 4.78 is 0.925. The molecule has 0 N–H and O–H groups in total. The van der Waals surface area contributed by atoms with E-state index in [2.05, 4.69) is 26.9 Å². The first-order chi connectivity index (χ1) is 12.2. The second kappa shape index (κ2) is 6.64. The lowest BCUT2D eigenvalue weighted by Gasteiger charge is -2.28. The lowest BCUT2D eigenvalue weighted by Crippen LogP contribution is -2.45. The maximum atomic E-state index is 12.9. The molecule has 0 spiro atoms. The summed E-state index contributed by atoms with van der Waals surface area (Å²) >= 11 is 3.45. The van der Waals surface area contributed by atoms with Gasteiger partial charge in [-0.1, -0.05) is 15.9 Å². The van der Waals surface area contributed by atoms with E-state index < -0.39 is 0 Å². The molecule has 0 aliphatic carbocycles. The van der Waals surface area contributed by atoms with E-state index in [1.165, 1.54) is 0 Å².